The lowest BCUT2D eigenvalue weighted by molar-refractivity contribution is -0.121. The Morgan fingerprint density at radius 3 is 2.47 bits per heavy atom. The number of carbonyl (C=O) groups is 2. The van der Waals surface area contributed by atoms with Gasteiger partial charge < -0.3 is 24.4 Å². The van der Waals surface area contributed by atoms with Crippen LogP contribution in [0, 0.1) is 0 Å². The number of anilines is 2. The Morgan fingerprint density at radius 2 is 1.78 bits per heavy atom. The van der Waals surface area contributed by atoms with Gasteiger partial charge in [0.2, 0.25) is 0 Å². The van der Waals surface area contributed by atoms with Crippen molar-refractivity contribution in [3.8, 4) is 17.2 Å². The first kappa shape index (κ1) is 21.5. The van der Waals surface area contributed by atoms with Gasteiger partial charge in [-0.15, -0.1) is 0 Å². The fraction of sp³-hybridized carbons (Fsp3) is 0.167. The predicted octanol–water partition coefficient (Wildman–Crippen LogP) is 4.54. The van der Waals surface area contributed by atoms with E-state index >= 15 is 0 Å². The predicted molar refractivity (Wildman–Crippen MR) is 122 cm³/mol. The maximum Gasteiger partial charge on any atom is 0.265 e. The second kappa shape index (κ2) is 9.20. The molecule has 4 rings (SSSR count). The van der Waals surface area contributed by atoms with Crippen LogP contribution in [0.3, 0.4) is 0 Å². The Balaban J connectivity index is 1.64. The monoisotopic (exact) mass is 452 g/mol. The van der Waals surface area contributed by atoms with Crippen molar-refractivity contribution in [1.29, 1.82) is 0 Å². The van der Waals surface area contributed by atoms with Gasteiger partial charge >= 0.3 is 0 Å². The Morgan fingerprint density at radius 1 is 1.06 bits per heavy atom. The van der Waals surface area contributed by atoms with Crippen LogP contribution in [-0.2, 0) is 11.3 Å². The summed E-state index contributed by atoms with van der Waals surface area (Å²) in [6.07, 6.45) is 0. The third-order valence-electron chi connectivity index (χ3n) is 5.04. The van der Waals surface area contributed by atoms with Gasteiger partial charge in [0.25, 0.3) is 11.8 Å². The first-order valence-electron chi connectivity index (χ1n) is 9.84. The Kier molecular flexibility index (Phi) is 6.18. The van der Waals surface area contributed by atoms with Crippen LogP contribution in [0.2, 0.25) is 5.02 Å². The highest BCUT2D eigenvalue weighted by atomic mass is 35.5. The number of nitrogens with one attached hydrogen (secondary N) is 1. The highest BCUT2D eigenvalue weighted by molar-refractivity contribution is 6.30. The van der Waals surface area contributed by atoms with Crippen LogP contribution in [0.15, 0.2) is 60.7 Å². The average molecular weight is 453 g/mol. The van der Waals surface area contributed by atoms with Crippen LogP contribution >= 0.6 is 11.6 Å². The van der Waals surface area contributed by atoms with Crippen molar-refractivity contribution in [2.75, 3.05) is 31.0 Å². The lowest BCUT2D eigenvalue weighted by Gasteiger charge is -2.30. The van der Waals surface area contributed by atoms with E-state index in [-0.39, 0.29) is 18.1 Å². The summed E-state index contributed by atoms with van der Waals surface area (Å²) in [5, 5.41) is 3.45. The molecule has 7 nitrogen and oxygen atoms in total. The van der Waals surface area contributed by atoms with Gasteiger partial charge in [0.1, 0.15) is 22.8 Å². The van der Waals surface area contributed by atoms with Crippen molar-refractivity contribution < 1.29 is 23.8 Å². The fourth-order valence-electron chi connectivity index (χ4n) is 3.54. The van der Waals surface area contributed by atoms with Crippen LogP contribution in [0.4, 0.5) is 11.4 Å². The summed E-state index contributed by atoms with van der Waals surface area (Å²) in [6, 6.07) is 17.6. The molecule has 32 heavy (non-hydrogen) atoms. The van der Waals surface area contributed by atoms with Crippen LogP contribution in [0.5, 0.6) is 17.2 Å². The molecule has 0 unspecified atom stereocenters. The van der Waals surface area contributed by atoms with E-state index in [1.165, 1.54) is 14.2 Å². The third-order valence-corrected chi connectivity index (χ3v) is 5.28. The number of rotatable bonds is 6. The Hall–Kier alpha value is -3.71. The second-order valence-corrected chi connectivity index (χ2v) is 7.51. The smallest absolute Gasteiger partial charge is 0.265 e. The molecule has 1 N–H and O–H groups in total. The molecular formula is C24H21ClN2O5. The number of nitrogens with zero attached hydrogens (tertiary/aromatic N) is 1. The van der Waals surface area contributed by atoms with E-state index in [4.69, 9.17) is 25.8 Å². The second-order valence-electron chi connectivity index (χ2n) is 7.07. The van der Waals surface area contributed by atoms with Gasteiger partial charge in [0, 0.05) is 10.7 Å². The maximum absolute atomic E-state index is 13.0. The van der Waals surface area contributed by atoms with Crippen LogP contribution < -0.4 is 24.4 Å². The molecule has 3 aromatic rings. The fourth-order valence-corrected chi connectivity index (χ4v) is 3.75. The third kappa shape index (κ3) is 4.33. The summed E-state index contributed by atoms with van der Waals surface area (Å²) in [5.41, 5.74) is 2.22. The number of amides is 2. The lowest BCUT2D eigenvalue weighted by atomic mass is 10.1. The van der Waals surface area contributed by atoms with Crippen molar-refractivity contribution in [3.63, 3.8) is 0 Å². The molecule has 0 spiro atoms. The van der Waals surface area contributed by atoms with Crippen molar-refractivity contribution in [1.82, 2.24) is 0 Å². The van der Waals surface area contributed by atoms with Crippen molar-refractivity contribution >= 4 is 34.8 Å². The lowest BCUT2D eigenvalue weighted by Crippen LogP contribution is -2.38. The molecule has 8 heteroatoms. The standard InChI is InChI=1S/C24H21ClN2O5/c1-30-20-7-4-8-21(31-2)23(20)24(29)26-17-9-10-19-18(12-17)27(22(28)14-32-19)13-15-5-3-6-16(25)11-15/h3-12H,13-14H2,1-2H3,(H,26,29). The average Bonchev–Trinajstić information content (AvgIpc) is 2.80. The molecule has 1 aliphatic rings. The molecule has 2 amide bonds. The van der Waals surface area contributed by atoms with E-state index in [2.05, 4.69) is 5.32 Å². The van der Waals surface area contributed by atoms with Gasteiger partial charge in [-0.05, 0) is 48.0 Å². The topological polar surface area (TPSA) is 77.1 Å². The minimum absolute atomic E-state index is 0.0579. The number of halogens is 1. The zero-order valence-corrected chi connectivity index (χ0v) is 18.3. The number of fused-ring (bicyclic) bond motifs is 1. The zero-order chi connectivity index (χ0) is 22.7. The summed E-state index contributed by atoms with van der Waals surface area (Å²) in [6.45, 7) is 0.269. The normalized spacial score (nSPS) is 12.6. The minimum Gasteiger partial charge on any atom is -0.496 e. The van der Waals surface area contributed by atoms with Crippen LogP contribution in [0.1, 0.15) is 15.9 Å². The molecule has 0 radical (unpaired) electrons. The number of ether oxygens (including phenoxy) is 3. The number of hydrogen-bond acceptors (Lipinski definition) is 5. The molecule has 3 aromatic carbocycles. The van der Waals surface area contributed by atoms with E-state index in [9.17, 15) is 9.59 Å². The van der Waals surface area contributed by atoms with Gasteiger partial charge in [-0.1, -0.05) is 29.8 Å². The zero-order valence-electron chi connectivity index (χ0n) is 17.6. The molecule has 0 saturated heterocycles. The molecule has 1 heterocycles. The van der Waals surface area contributed by atoms with Gasteiger partial charge in [-0.2, -0.15) is 0 Å². The quantitative estimate of drug-likeness (QED) is 0.594. The van der Waals surface area contributed by atoms with Gasteiger partial charge in [0.05, 0.1) is 26.5 Å². The molecule has 164 valence electrons. The highest BCUT2D eigenvalue weighted by Gasteiger charge is 2.27. The van der Waals surface area contributed by atoms with E-state index in [0.717, 1.165) is 5.56 Å². The van der Waals surface area contributed by atoms with Gasteiger partial charge in [0.15, 0.2) is 6.61 Å². The van der Waals surface area contributed by atoms with Crippen molar-refractivity contribution in [2.24, 2.45) is 0 Å². The molecule has 0 aliphatic carbocycles. The highest BCUT2D eigenvalue weighted by Crippen LogP contribution is 2.36. The van der Waals surface area contributed by atoms with Crippen LogP contribution in [-0.4, -0.2) is 32.6 Å². The largest absolute Gasteiger partial charge is 0.496 e. The number of benzene rings is 3. The van der Waals surface area contributed by atoms with Crippen molar-refractivity contribution in [3.05, 3.63) is 76.8 Å². The van der Waals surface area contributed by atoms with Gasteiger partial charge in [-0.25, -0.2) is 0 Å². The Labute approximate surface area is 190 Å². The summed E-state index contributed by atoms with van der Waals surface area (Å²) >= 11 is 6.09. The van der Waals surface area contributed by atoms with Gasteiger partial charge in [-0.3, -0.25) is 9.59 Å². The molecule has 0 fully saturated rings. The molecule has 0 atom stereocenters. The maximum atomic E-state index is 13.0. The SMILES string of the molecule is COc1cccc(OC)c1C(=O)Nc1ccc2c(c1)N(Cc1cccc(Cl)c1)C(=O)CO2. The number of hydrogen-bond donors (Lipinski definition) is 1. The summed E-state index contributed by atoms with van der Waals surface area (Å²) < 4.78 is 16.2. The first-order valence-corrected chi connectivity index (χ1v) is 10.2. The minimum atomic E-state index is -0.399. The van der Waals surface area contributed by atoms with E-state index in [1.54, 1.807) is 47.4 Å². The molecule has 0 saturated carbocycles. The molecule has 1 aliphatic heterocycles. The first-order chi connectivity index (χ1) is 15.5. The van der Waals surface area contributed by atoms with E-state index in [1.807, 2.05) is 18.2 Å². The molecular weight excluding hydrogens is 432 g/mol. The van der Waals surface area contributed by atoms with E-state index < -0.39 is 5.91 Å². The molecule has 0 bridgehead atoms. The number of carbonyl (C=O) groups excluding carboxylic acids is 2. The summed E-state index contributed by atoms with van der Waals surface area (Å²) in [4.78, 5) is 27.2. The number of methoxy groups -OCH3 is 2. The van der Waals surface area contributed by atoms with Crippen molar-refractivity contribution in [2.45, 2.75) is 6.54 Å². The van der Waals surface area contributed by atoms with Crippen LogP contribution in [0.25, 0.3) is 0 Å². The Bertz CT molecular complexity index is 1160. The summed E-state index contributed by atoms with van der Waals surface area (Å²) in [5.74, 6) is 0.748. The van der Waals surface area contributed by atoms with E-state index in [0.29, 0.717) is 40.2 Å². The molecule has 0 aromatic heterocycles. The summed E-state index contributed by atoms with van der Waals surface area (Å²) in [7, 11) is 2.97.